The molecule has 0 atom stereocenters. The Morgan fingerprint density at radius 1 is 1.33 bits per heavy atom. The minimum absolute atomic E-state index is 0.375. The smallest absolute Gasteiger partial charge is 0.185 e. The minimum Gasteiger partial charge on any atom is -0.462 e. The first-order valence-corrected chi connectivity index (χ1v) is 4.00. The van der Waals surface area contributed by atoms with Crippen molar-refractivity contribution in [2.75, 3.05) is 13.2 Å². The van der Waals surface area contributed by atoms with Gasteiger partial charge in [-0.3, -0.25) is 4.79 Å². The predicted octanol–water partition coefficient (Wildman–Crippen LogP) is 1.89. The molecule has 1 aromatic rings. The van der Waals surface area contributed by atoms with Gasteiger partial charge in [0.15, 0.2) is 12.0 Å². The van der Waals surface area contributed by atoms with E-state index in [1.54, 1.807) is 12.1 Å². The van der Waals surface area contributed by atoms with Crippen molar-refractivity contribution in [2.24, 2.45) is 0 Å². The molecule has 0 amide bonds. The van der Waals surface area contributed by atoms with E-state index in [1.165, 1.54) is 19.1 Å². The lowest BCUT2D eigenvalue weighted by Gasteiger charge is -1.76. The van der Waals surface area contributed by atoms with Crippen LogP contribution in [0.1, 0.15) is 23.4 Å². The van der Waals surface area contributed by atoms with Gasteiger partial charge in [0.25, 0.3) is 0 Å². The fourth-order valence-electron chi connectivity index (χ4n) is 0.869. The summed E-state index contributed by atoms with van der Waals surface area (Å²) < 4.78 is 9.56. The van der Waals surface area contributed by atoms with E-state index in [1.807, 2.05) is 0 Å². The normalized spacial score (nSPS) is 15.0. The second-order valence-electron chi connectivity index (χ2n) is 2.45. The molecule has 2 heterocycles. The van der Waals surface area contributed by atoms with Crippen molar-refractivity contribution in [3.8, 4) is 0 Å². The molecule has 2 rings (SSSR count). The largest absolute Gasteiger partial charge is 0.462 e. The predicted molar refractivity (Wildman–Crippen MR) is 44.1 cm³/mol. The van der Waals surface area contributed by atoms with E-state index in [4.69, 9.17) is 4.74 Å². The minimum atomic E-state index is 0.375. The first kappa shape index (κ1) is 9.00. The molecule has 0 N–H and O–H groups in total. The second kappa shape index (κ2) is 5.55. The van der Waals surface area contributed by atoms with E-state index in [2.05, 4.69) is 4.42 Å². The lowest BCUT2D eigenvalue weighted by Crippen LogP contribution is -1.74. The molecule has 1 aliphatic rings. The van der Waals surface area contributed by atoms with Crippen molar-refractivity contribution in [2.45, 2.75) is 12.8 Å². The van der Waals surface area contributed by atoms with Gasteiger partial charge in [0.1, 0.15) is 0 Å². The molecular weight excluding hydrogens is 156 g/mol. The summed E-state index contributed by atoms with van der Waals surface area (Å²) in [6.45, 7) is 2.00. The Morgan fingerprint density at radius 3 is 2.33 bits per heavy atom. The second-order valence-corrected chi connectivity index (χ2v) is 2.45. The molecule has 66 valence electrons. The maximum atomic E-state index is 9.77. The van der Waals surface area contributed by atoms with Crippen molar-refractivity contribution < 1.29 is 13.9 Å². The Hall–Kier alpha value is -1.09. The highest BCUT2D eigenvalue weighted by Crippen LogP contribution is 1.98. The molecule has 0 spiro atoms. The Balaban J connectivity index is 0.000000127. The Labute approximate surface area is 71.3 Å². The van der Waals surface area contributed by atoms with Crippen LogP contribution in [-0.4, -0.2) is 19.5 Å². The van der Waals surface area contributed by atoms with Gasteiger partial charge in [-0.2, -0.15) is 0 Å². The van der Waals surface area contributed by atoms with Crippen LogP contribution in [0.25, 0.3) is 0 Å². The number of aldehydes is 1. The van der Waals surface area contributed by atoms with Crippen LogP contribution in [0.4, 0.5) is 0 Å². The lowest BCUT2D eigenvalue weighted by atomic mass is 10.4. The van der Waals surface area contributed by atoms with Crippen molar-refractivity contribution in [3.05, 3.63) is 24.2 Å². The number of furan rings is 1. The standard InChI is InChI=1S/C5H4O2.C4H8O/c6-4-5-2-1-3-7-5;1-2-4-5-3-1/h1-4H;1-4H2. The summed E-state index contributed by atoms with van der Waals surface area (Å²) in [7, 11) is 0. The first-order chi connectivity index (χ1) is 5.93. The molecular formula is C9H12O3. The molecule has 12 heavy (non-hydrogen) atoms. The fourth-order valence-corrected chi connectivity index (χ4v) is 0.869. The van der Waals surface area contributed by atoms with Crippen molar-refractivity contribution >= 4 is 6.29 Å². The maximum Gasteiger partial charge on any atom is 0.185 e. The van der Waals surface area contributed by atoms with Crippen LogP contribution in [0.15, 0.2) is 22.8 Å². The van der Waals surface area contributed by atoms with Crippen LogP contribution in [0.2, 0.25) is 0 Å². The summed E-state index contributed by atoms with van der Waals surface area (Å²) in [5.41, 5.74) is 0. The van der Waals surface area contributed by atoms with E-state index in [-0.39, 0.29) is 0 Å². The average Bonchev–Trinajstić information content (AvgIpc) is 2.81. The Bertz CT molecular complexity index is 192. The van der Waals surface area contributed by atoms with Gasteiger partial charge in [0.05, 0.1) is 6.26 Å². The summed E-state index contributed by atoms with van der Waals surface area (Å²) in [4.78, 5) is 9.77. The fraction of sp³-hybridized carbons (Fsp3) is 0.444. The maximum absolute atomic E-state index is 9.77. The van der Waals surface area contributed by atoms with E-state index in [9.17, 15) is 4.79 Å². The average molecular weight is 168 g/mol. The number of hydrogen-bond acceptors (Lipinski definition) is 3. The van der Waals surface area contributed by atoms with Crippen LogP contribution in [0.5, 0.6) is 0 Å². The highest BCUT2D eigenvalue weighted by Gasteiger charge is 1.94. The molecule has 1 fully saturated rings. The number of carbonyl (C=O) groups is 1. The molecule has 0 bridgehead atoms. The molecule has 1 aromatic heterocycles. The van der Waals surface area contributed by atoms with Crippen molar-refractivity contribution in [1.82, 2.24) is 0 Å². The molecule has 0 aliphatic carbocycles. The molecule has 0 saturated carbocycles. The van der Waals surface area contributed by atoms with E-state index >= 15 is 0 Å². The monoisotopic (exact) mass is 168 g/mol. The third-order valence-corrected chi connectivity index (χ3v) is 1.49. The van der Waals surface area contributed by atoms with Gasteiger partial charge in [-0.1, -0.05) is 0 Å². The van der Waals surface area contributed by atoms with Crippen LogP contribution in [-0.2, 0) is 4.74 Å². The van der Waals surface area contributed by atoms with Gasteiger partial charge in [-0.05, 0) is 25.0 Å². The number of hydrogen-bond donors (Lipinski definition) is 0. The molecule has 1 aliphatic heterocycles. The summed E-state index contributed by atoms with van der Waals surface area (Å²) in [5, 5.41) is 0. The van der Waals surface area contributed by atoms with Crippen LogP contribution in [0, 0.1) is 0 Å². The third kappa shape index (κ3) is 3.34. The van der Waals surface area contributed by atoms with Gasteiger partial charge < -0.3 is 9.15 Å². The number of carbonyl (C=O) groups excluding carboxylic acids is 1. The number of ether oxygens (including phenoxy) is 1. The van der Waals surface area contributed by atoms with E-state index < -0.39 is 0 Å². The zero-order chi connectivity index (χ0) is 8.65. The zero-order valence-electron chi connectivity index (χ0n) is 6.86. The van der Waals surface area contributed by atoms with Gasteiger partial charge >= 0.3 is 0 Å². The molecule has 0 aromatic carbocycles. The highest BCUT2D eigenvalue weighted by atomic mass is 16.5. The molecule has 0 radical (unpaired) electrons. The summed E-state index contributed by atoms with van der Waals surface area (Å²) >= 11 is 0. The SMILES string of the molecule is C1CCOC1.O=Cc1ccco1. The van der Waals surface area contributed by atoms with Crippen LogP contribution >= 0.6 is 0 Å². The van der Waals surface area contributed by atoms with Crippen LogP contribution in [0.3, 0.4) is 0 Å². The number of rotatable bonds is 1. The molecule has 1 saturated heterocycles. The van der Waals surface area contributed by atoms with Crippen molar-refractivity contribution in [3.63, 3.8) is 0 Å². The Kier molecular flexibility index (Phi) is 4.16. The zero-order valence-corrected chi connectivity index (χ0v) is 6.86. The molecule has 3 nitrogen and oxygen atoms in total. The van der Waals surface area contributed by atoms with Gasteiger partial charge in [-0.15, -0.1) is 0 Å². The van der Waals surface area contributed by atoms with E-state index in [0.29, 0.717) is 12.0 Å². The topological polar surface area (TPSA) is 39.4 Å². The van der Waals surface area contributed by atoms with Crippen LogP contribution < -0.4 is 0 Å². The highest BCUT2D eigenvalue weighted by molar-refractivity contribution is 5.69. The molecule has 0 unspecified atom stereocenters. The van der Waals surface area contributed by atoms with E-state index in [0.717, 1.165) is 13.2 Å². The molecule has 3 heteroatoms. The summed E-state index contributed by atoms with van der Waals surface area (Å²) in [6.07, 6.45) is 4.68. The first-order valence-electron chi connectivity index (χ1n) is 4.00. The van der Waals surface area contributed by atoms with Crippen molar-refractivity contribution in [1.29, 1.82) is 0 Å². The van der Waals surface area contributed by atoms with Gasteiger partial charge in [0.2, 0.25) is 0 Å². The van der Waals surface area contributed by atoms with Gasteiger partial charge in [-0.25, -0.2) is 0 Å². The lowest BCUT2D eigenvalue weighted by molar-refractivity contribution is 0.110. The van der Waals surface area contributed by atoms with Gasteiger partial charge in [0, 0.05) is 13.2 Å². The summed E-state index contributed by atoms with van der Waals surface area (Å²) in [6, 6.07) is 3.27. The Morgan fingerprint density at radius 2 is 2.08 bits per heavy atom. The summed E-state index contributed by atoms with van der Waals surface area (Å²) in [5.74, 6) is 0.375. The third-order valence-electron chi connectivity index (χ3n) is 1.49. The quantitative estimate of drug-likeness (QED) is 0.601.